The lowest BCUT2D eigenvalue weighted by molar-refractivity contribution is -0.384. The van der Waals surface area contributed by atoms with Gasteiger partial charge in [0.25, 0.3) is 11.6 Å². The van der Waals surface area contributed by atoms with E-state index in [4.69, 9.17) is 4.74 Å². The van der Waals surface area contributed by atoms with Gasteiger partial charge in [-0.15, -0.1) is 0 Å². The molecule has 1 atom stereocenters. The second-order valence-corrected chi connectivity index (χ2v) is 6.66. The van der Waals surface area contributed by atoms with Gasteiger partial charge < -0.3 is 10.1 Å². The summed E-state index contributed by atoms with van der Waals surface area (Å²) in [5.74, 6) is -1.15. The maximum Gasteiger partial charge on any atom is 0.331 e. The third kappa shape index (κ3) is 5.86. The first kappa shape index (κ1) is 21.4. The number of nitrogens with zero attached hydrogens (tertiary/aromatic N) is 1. The number of esters is 1. The Kier molecular flexibility index (Phi) is 6.90. The van der Waals surface area contributed by atoms with Crippen LogP contribution in [0.5, 0.6) is 0 Å². The van der Waals surface area contributed by atoms with Crippen molar-refractivity contribution in [2.24, 2.45) is 0 Å². The summed E-state index contributed by atoms with van der Waals surface area (Å²) in [4.78, 5) is 34.8. The van der Waals surface area contributed by atoms with Crippen LogP contribution in [-0.2, 0) is 14.3 Å². The van der Waals surface area contributed by atoms with Crippen LogP contribution in [0.1, 0.15) is 12.5 Å². The number of benzene rings is 3. The minimum absolute atomic E-state index is 0.0409. The SMILES string of the molecule is C[C@H](OC(=O)/C=C/c1ccc([N+](=O)[O-])cc1)C(=O)Nc1ccccc1-c1ccccc1. The number of nitro benzene ring substituents is 1. The summed E-state index contributed by atoms with van der Waals surface area (Å²) in [5.41, 5.74) is 2.97. The molecule has 0 aliphatic rings. The predicted octanol–water partition coefficient (Wildman–Crippen LogP) is 4.85. The van der Waals surface area contributed by atoms with Crippen LogP contribution in [-0.4, -0.2) is 22.9 Å². The molecule has 0 aliphatic carbocycles. The van der Waals surface area contributed by atoms with Crippen molar-refractivity contribution >= 4 is 29.3 Å². The summed E-state index contributed by atoms with van der Waals surface area (Å²) in [6.45, 7) is 1.48. The van der Waals surface area contributed by atoms with E-state index in [0.717, 1.165) is 11.1 Å². The Balaban J connectivity index is 1.61. The molecule has 0 radical (unpaired) electrons. The highest BCUT2D eigenvalue weighted by atomic mass is 16.6. The molecule has 3 aromatic carbocycles. The van der Waals surface area contributed by atoms with Gasteiger partial charge >= 0.3 is 5.97 Å². The third-order valence-electron chi connectivity index (χ3n) is 4.45. The number of amides is 1. The number of non-ortho nitro benzene ring substituents is 1. The highest BCUT2D eigenvalue weighted by molar-refractivity contribution is 5.99. The van der Waals surface area contributed by atoms with Crippen molar-refractivity contribution in [2.75, 3.05) is 5.32 Å². The summed E-state index contributed by atoms with van der Waals surface area (Å²) in [6, 6.07) is 22.7. The second-order valence-electron chi connectivity index (χ2n) is 6.66. The molecule has 0 saturated heterocycles. The van der Waals surface area contributed by atoms with Crippen LogP contribution < -0.4 is 5.32 Å². The molecule has 1 amide bonds. The number of hydrogen-bond acceptors (Lipinski definition) is 5. The van der Waals surface area contributed by atoms with Crippen LogP contribution in [0.4, 0.5) is 11.4 Å². The minimum atomic E-state index is -1.02. The van der Waals surface area contributed by atoms with Crippen molar-refractivity contribution in [1.29, 1.82) is 0 Å². The molecule has 7 heteroatoms. The number of carbonyl (C=O) groups is 2. The number of carbonyl (C=O) groups excluding carboxylic acids is 2. The molecule has 0 bridgehead atoms. The van der Waals surface area contributed by atoms with E-state index in [1.54, 1.807) is 6.07 Å². The molecule has 7 nitrogen and oxygen atoms in total. The molecule has 1 N–H and O–H groups in total. The Labute approximate surface area is 179 Å². The highest BCUT2D eigenvalue weighted by Gasteiger charge is 2.18. The lowest BCUT2D eigenvalue weighted by atomic mass is 10.0. The molecule has 0 heterocycles. The first-order valence-electron chi connectivity index (χ1n) is 9.52. The van der Waals surface area contributed by atoms with Gasteiger partial charge in [0.1, 0.15) is 0 Å². The number of ether oxygens (including phenoxy) is 1. The molecule has 0 fully saturated rings. The van der Waals surface area contributed by atoms with Crippen LogP contribution in [0.3, 0.4) is 0 Å². The lowest BCUT2D eigenvalue weighted by Crippen LogP contribution is -2.29. The average Bonchev–Trinajstić information content (AvgIpc) is 2.79. The van der Waals surface area contributed by atoms with Crippen molar-refractivity contribution in [1.82, 2.24) is 0 Å². The molecule has 3 rings (SSSR count). The molecule has 156 valence electrons. The van der Waals surface area contributed by atoms with E-state index in [0.29, 0.717) is 11.3 Å². The number of para-hydroxylation sites is 1. The molecule has 31 heavy (non-hydrogen) atoms. The van der Waals surface area contributed by atoms with E-state index in [-0.39, 0.29) is 5.69 Å². The smallest absolute Gasteiger partial charge is 0.331 e. The molecular weight excluding hydrogens is 396 g/mol. The second kappa shape index (κ2) is 9.98. The number of nitrogens with one attached hydrogen (secondary N) is 1. The van der Waals surface area contributed by atoms with Crippen molar-refractivity contribution in [3.05, 3.63) is 101 Å². The Morgan fingerprint density at radius 2 is 1.61 bits per heavy atom. The summed E-state index contributed by atoms with van der Waals surface area (Å²) >= 11 is 0. The van der Waals surface area contributed by atoms with Crippen molar-refractivity contribution in [3.8, 4) is 11.1 Å². The number of rotatable bonds is 7. The van der Waals surface area contributed by atoms with E-state index in [1.807, 2.05) is 48.5 Å². The standard InChI is InChI=1S/C24H20N2O5/c1-17(31-23(27)16-13-18-11-14-20(15-12-18)26(29)30)24(28)25-22-10-6-5-9-21(22)19-7-3-2-4-8-19/h2-17H,1H3,(H,25,28)/b16-13+/t17-/m0/s1. The van der Waals surface area contributed by atoms with Gasteiger partial charge in [0.2, 0.25) is 0 Å². The number of nitro groups is 1. The third-order valence-corrected chi connectivity index (χ3v) is 4.45. The monoisotopic (exact) mass is 416 g/mol. The van der Waals surface area contributed by atoms with E-state index < -0.39 is 22.9 Å². The maximum absolute atomic E-state index is 12.5. The molecule has 0 spiro atoms. The topological polar surface area (TPSA) is 98.5 Å². The summed E-state index contributed by atoms with van der Waals surface area (Å²) < 4.78 is 5.17. The van der Waals surface area contributed by atoms with Gasteiger partial charge in [-0.25, -0.2) is 4.79 Å². The lowest BCUT2D eigenvalue weighted by Gasteiger charge is -2.15. The van der Waals surface area contributed by atoms with Gasteiger partial charge in [-0.05, 0) is 42.3 Å². The summed E-state index contributed by atoms with van der Waals surface area (Å²) in [7, 11) is 0. The van der Waals surface area contributed by atoms with Crippen LogP contribution in [0, 0.1) is 10.1 Å². The molecule has 3 aromatic rings. The van der Waals surface area contributed by atoms with E-state index in [9.17, 15) is 19.7 Å². The van der Waals surface area contributed by atoms with Gasteiger partial charge in [-0.3, -0.25) is 14.9 Å². The fourth-order valence-electron chi connectivity index (χ4n) is 2.83. The Morgan fingerprint density at radius 3 is 2.29 bits per heavy atom. The highest BCUT2D eigenvalue weighted by Crippen LogP contribution is 2.27. The van der Waals surface area contributed by atoms with Gasteiger partial charge in [-0.1, -0.05) is 48.5 Å². The van der Waals surface area contributed by atoms with Gasteiger partial charge in [0.05, 0.1) is 4.92 Å². The van der Waals surface area contributed by atoms with E-state index in [1.165, 1.54) is 43.3 Å². The first-order chi connectivity index (χ1) is 14.9. The van der Waals surface area contributed by atoms with Crippen molar-refractivity contribution < 1.29 is 19.2 Å². The number of hydrogen-bond donors (Lipinski definition) is 1. The zero-order valence-electron chi connectivity index (χ0n) is 16.7. The Morgan fingerprint density at radius 1 is 0.968 bits per heavy atom. The fraction of sp³-hybridized carbons (Fsp3) is 0.0833. The van der Waals surface area contributed by atoms with E-state index in [2.05, 4.69) is 5.32 Å². The Hall–Kier alpha value is -4.26. The number of anilines is 1. The minimum Gasteiger partial charge on any atom is -0.449 e. The van der Waals surface area contributed by atoms with Crippen LogP contribution in [0.25, 0.3) is 17.2 Å². The van der Waals surface area contributed by atoms with Crippen molar-refractivity contribution in [3.63, 3.8) is 0 Å². The molecular formula is C24H20N2O5. The van der Waals surface area contributed by atoms with Crippen LogP contribution in [0.15, 0.2) is 84.9 Å². The first-order valence-corrected chi connectivity index (χ1v) is 9.52. The zero-order valence-corrected chi connectivity index (χ0v) is 16.7. The molecule has 0 unspecified atom stereocenters. The molecule has 0 aromatic heterocycles. The van der Waals surface area contributed by atoms with Gasteiger partial charge in [-0.2, -0.15) is 0 Å². The quantitative estimate of drug-likeness (QED) is 0.257. The normalized spacial score (nSPS) is 11.6. The van der Waals surface area contributed by atoms with Crippen LogP contribution in [0.2, 0.25) is 0 Å². The van der Waals surface area contributed by atoms with Crippen LogP contribution >= 0.6 is 0 Å². The zero-order chi connectivity index (χ0) is 22.2. The largest absolute Gasteiger partial charge is 0.449 e. The average molecular weight is 416 g/mol. The van der Waals surface area contributed by atoms with Crippen molar-refractivity contribution in [2.45, 2.75) is 13.0 Å². The van der Waals surface area contributed by atoms with E-state index >= 15 is 0 Å². The van der Waals surface area contributed by atoms with Gasteiger partial charge in [0, 0.05) is 29.5 Å². The summed E-state index contributed by atoms with van der Waals surface area (Å²) in [5, 5.41) is 13.5. The predicted molar refractivity (Wildman–Crippen MR) is 118 cm³/mol. The maximum atomic E-state index is 12.5. The fourth-order valence-corrected chi connectivity index (χ4v) is 2.83. The molecule has 0 aliphatic heterocycles. The Bertz CT molecular complexity index is 1110. The summed E-state index contributed by atoms with van der Waals surface area (Å²) in [6.07, 6.45) is 1.61. The molecule has 0 saturated carbocycles. The van der Waals surface area contributed by atoms with Gasteiger partial charge in [0.15, 0.2) is 6.10 Å².